The number of benzene rings is 2. The highest BCUT2D eigenvalue weighted by Crippen LogP contribution is 2.25. The van der Waals surface area contributed by atoms with E-state index in [0.717, 1.165) is 11.1 Å². The van der Waals surface area contributed by atoms with Gasteiger partial charge >= 0.3 is 0 Å². The molecule has 2 aromatic rings. The van der Waals surface area contributed by atoms with Gasteiger partial charge in [0, 0.05) is 18.1 Å². The van der Waals surface area contributed by atoms with Crippen LogP contribution in [0.1, 0.15) is 0 Å². The second kappa shape index (κ2) is 3.05. The van der Waals surface area contributed by atoms with Crippen LogP contribution in [0.2, 0.25) is 0 Å². The number of halogens is 1. The first-order valence-corrected chi connectivity index (χ1v) is 4.18. The van der Waals surface area contributed by atoms with Crippen molar-refractivity contribution in [3.8, 4) is 0 Å². The molecule has 66 valence electrons. The zero-order valence-corrected chi connectivity index (χ0v) is 7.34. The van der Waals surface area contributed by atoms with E-state index in [4.69, 9.17) is 0 Å². The van der Waals surface area contributed by atoms with Crippen LogP contribution in [0.3, 0.4) is 0 Å². The minimum Gasteiger partial charge on any atom is -0.388 e. The van der Waals surface area contributed by atoms with Gasteiger partial charge in [-0.25, -0.2) is 4.39 Å². The second-order valence-electron chi connectivity index (χ2n) is 2.89. The van der Waals surface area contributed by atoms with Gasteiger partial charge in [-0.05, 0) is 17.5 Å². The van der Waals surface area contributed by atoms with Crippen molar-refractivity contribution < 1.29 is 4.39 Å². The van der Waals surface area contributed by atoms with Gasteiger partial charge in [0.25, 0.3) is 0 Å². The molecule has 0 radical (unpaired) electrons. The smallest absolute Gasteiger partial charge is 0.133 e. The number of rotatable bonds is 1. The van der Waals surface area contributed by atoms with E-state index in [2.05, 4.69) is 5.32 Å². The molecule has 0 saturated heterocycles. The Balaban J connectivity index is 2.87. The van der Waals surface area contributed by atoms with E-state index in [9.17, 15) is 4.39 Å². The summed E-state index contributed by atoms with van der Waals surface area (Å²) in [6, 6.07) is 10.8. The molecular formula is C11H10FN. The SMILES string of the molecule is CNc1cccc2cccc(F)c12. The summed E-state index contributed by atoms with van der Waals surface area (Å²) in [4.78, 5) is 0. The third-order valence-corrected chi connectivity index (χ3v) is 2.12. The first kappa shape index (κ1) is 8.05. The molecule has 0 saturated carbocycles. The molecule has 0 heterocycles. The summed E-state index contributed by atoms with van der Waals surface area (Å²) in [5, 5.41) is 4.55. The normalized spacial score (nSPS) is 10.3. The van der Waals surface area contributed by atoms with Gasteiger partial charge in [-0.3, -0.25) is 0 Å². The predicted molar refractivity (Wildman–Crippen MR) is 53.5 cm³/mol. The van der Waals surface area contributed by atoms with Crippen LogP contribution < -0.4 is 5.32 Å². The highest BCUT2D eigenvalue weighted by Gasteiger charge is 2.03. The fourth-order valence-electron chi connectivity index (χ4n) is 1.50. The second-order valence-corrected chi connectivity index (χ2v) is 2.89. The Bertz CT molecular complexity index is 432. The zero-order chi connectivity index (χ0) is 9.26. The Morgan fingerprint density at radius 1 is 1.08 bits per heavy atom. The monoisotopic (exact) mass is 175 g/mol. The average Bonchev–Trinajstić information content (AvgIpc) is 2.17. The maximum absolute atomic E-state index is 13.4. The van der Waals surface area contributed by atoms with Crippen molar-refractivity contribution in [2.45, 2.75) is 0 Å². The molecule has 0 amide bonds. The lowest BCUT2D eigenvalue weighted by Crippen LogP contribution is -1.90. The van der Waals surface area contributed by atoms with Gasteiger partial charge in [-0.15, -0.1) is 0 Å². The average molecular weight is 175 g/mol. The molecule has 0 aromatic heterocycles. The van der Waals surface area contributed by atoms with Gasteiger partial charge in [0.2, 0.25) is 0 Å². The standard InChI is InChI=1S/C11H10FN/c1-13-10-7-3-5-8-4-2-6-9(12)11(8)10/h2-7,13H,1H3. The van der Waals surface area contributed by atoms with Crippen LogP contribution in [0.25, 0.3) is 10.8 Å². The Morgan fingerprint density at radius 3 is 2.46 bits per heavy atom. The van der Waals surface area contributed by atoms with Gasteiger partial charge in [-0.2, -0.15) is 0 Å². The molecular weight excluding hydrogens is 165 g/mol. The molecule has 13 heavy (non-hydrogen) atoms. The number of hydrogen-bond acceptors (Lipinski definition) is 1. The summed E-state index contributed by atoms with van der Waals surface area (Å²) >= 11 is 0. The molecule has 0 bridgehead atoms. The lowest BCUT2D eigenvalue weighted by molar-refractivity contribution is 0.640. The molecule has 0 fully saturated rings. The quantitative estimate of drug-likeness (QED) is 0.702. The minimum atomic E-state index is -0.178. The van der Waals surface area contributed by atoms with Crippen LogP contribution in [-0.2, 0) is 0 Å². The Morgan fingerprint density at radius 2 is 1.77 bits per heavy atom. The Kier molecular flexibility index (Phi) is 1.89. The predicted octanol–water partition coefficient (Wildman–Crippen LogP) is 3.02. The van der Waals surface area contributed by atoms with Crippen molar-refractivity contribution in [2.24, 2.45) is 0 Å². The molecule has 0 spiro atoms. The molecule has 0 aliphatic carbocycles. The Hall–Kier alpha value is -1.57. The van der Waals surface area contributed by atoms with Crippen LogP contribution in [0.4, 0.5) is 10.1 Å². The summed E-state index contributed by atoms with van der Waals surface area (Å²) in [7, 11) is 1.79. The highest BCUT2D eigenvalue weighted by atomic mass is 19.1. The van der Waals surface area contributed by atoms with Crippen LogP contribution >= 0.6 is 0 Å². The van der Waals surface area contributed by atoms with E-state index < -0.39 is 0 Å². The van der Waals surface area contributed by atoms with Crippen LogP contribution in [0.15, 0.2) is 36.4 Å². The topological polar surface area (TPSA) is 12.0 Å². The van der Waals surface area contributed by atoms with E-state index >= 15 is 0 Å². The summed E-state index contributed by atoms with van der Waals surface area (Å²) in [5.74, 6) is -0.178. The van der Waals surface area contributed by atoms with Crippen molar-refractivity contribution in [3.63, 3.8) is 0 Å². The van der Waals surface area contributed by atoms with Gasteiger partial charge in [0.1, 0.15) is 5.82 Å². The summed E-state index contributed by atoms with van der Waals surface area (Å²) < 4.78 is 13.4. The van der Waals surface area contributed by atoms with Crippen molar-refractivity contribution >= 4 is 16.5 Å². The van der Waals surface area contributed by atoms with E-state index in [1.165, 1.54) is 6.07 Å². The van der Waals surface area contributed by atoms with Crippen LogP contribution in [0.5, 0.6) is 0 Å². The van der Waals surface area contributed by atoms with Crippen molar-refractivity contribution in [1.29, 1.82) is 0 Å². The summed E-state index contributed by atoms with van der Waals surface area (Å²) in [5.41, 5.74) is 0.829. The minimum absolute atomic E-state index is 0.178. The summed E-state index contributed by atoms with van der Waals surface area (Å²) in [6.07, 6.45) is 0. The highest BCUT2D eigenvalue weighted by molar-refractivity contribution is 5.94. The Labute approximate surface area is 76.2 Å². The number of nitrogens with one attached hydrogen (secondary N) is 1. The van der Waals surface area contributed by atoms with E-state index in [1.54, 1.807) is 13.1 Å². The zero-order valence-electron chi connectivity index (χ0n) is 7.34. The first-order valence-electron chi connectivity index (χ1n) is 4.18. The number of anilines is 1. The first-order chi connectivity index (χ1) is 6.33. The maximum atomic E-state index is 13.4. The molecule has 1 N–H and O–H groups in total. The molecule has 2 rings (SSSR count). The molecule has 0 aliphatic heterocycles. The third-order valence-electron chi connectivity index (χ3n) is 2.12. The van der Waals surface area contributed by atoms with Gasteiger partial charge in [0.05, 0.1) is 0 Å². The largest absolute Gasteiger partial charge is 0.388 e. The van der Waals surface area contributed by atoms with E-state index in [1.807, 2.05) is 24.3 Å². The van der Waals surface area contributed by atoms with Crippen molar-refractivity contribution in [3.05, 3.63) is 42.2 Å². The molecule has 0 unspecified atom stereocenters. The lowest BCUT2D eigenvalue weighted by atomic mass is 10.1. The van der Waals surface area contributed by atoms with Crippen molar-refractivity contribution in [1.82, 2.24) is 0 Å². The number of fused-ring (bicyclic) bond motifs is 1. The van der Waals surface area contributed by atoms with Gasteiger partial charge in [0.15, 0.2) is 0 Å². The molecule has 0 atom stereocenters. The molecule has 1 nitrogen and oxygen atoms in total. The van der Waals surface area contributed by atoms with Gasteiger partial charge < -0.3 is 5.32 Å². The van der Waals surface area contributed by atoms with Crippen LogP contribution in [0, 0.1) is 5.82 Å². The lowest BCUT2D eigenvalue weighted by Gasteiger charge is -2.05. The van der Waals surface area contributed by atoms with E-state index in [-0.39, 0.29) is 5.82 Å². The molecule has 2 aromatic carbocycles. The maximum Gasteiger partial charge on any atom is 0.133 e. The van der Waals surface area contributed by atoms with Crippen LogP contribution in [-0.4, -0.2) is 7.05 Å². The number of hydrogen-bond donors (Lipinski definition) is 1. The van der Waals surface area contributed by atoms with E-state index in [0.29, 0.717) is 5.39 Å². The fourth-order valence-corrected chi connectivity index (χ4v) is 1.50. The third kappa shape index (κ3) is 1.24. The summed E-state index contributed by atoms with van der Waals surface area (Å²) in [6.45, 7) is 0. The molecule has 2 heteroatoms. The fraction of sp³-hybridized carbons (Fsp3) is 0.0909. The van der Waals surface area contributed by atoms with Crippen molar-refractivity contribution in [2.75, 3.05) is 12.4 Å². The van der Waals surface area contributed by atoms with Gasteiger partial charge in [-0.1, -0.05) is 24.3 Å². The molecule has 0 aliphatic rings.